The van der Waals surface area contributed by atoms with Crippen molar-refractivity contribution in [3.63, 3.8) is 0 Å². The topological polar surface area (TPSA) is 28.7 Å². The molecular weight excluding hydrogens is 267 g/mol. The van der Waals surface area contributed by atoms with Gasteiger partial charge in [0, 0.05) is 16.4 Å². The molecule has 0 amide bonds. The van der Waals surface area contributed by atoms with Crippen LogP contribution in [0.3, 0.4) is 0 Å². The Labute approximate surface area is 116 Å². The van der Waals surface area contributed by atoms with Crippen LogP contribution in [0.25, 0.3) is 5.69 Å². The van der Waals surface area contributed by atoms with E-state index in [0.717, 1.165) is 22.6 Å². The van der Waals surface area contributed by atoms with Gasteiger partial charge in [0.2, 0.25) is 0 Å². The van der Waals surface area contributed by atoms with E-state index >= 15 is 0 Å². The molecule has 0 aliphatic rings. The molecule has 18 heavy (non-hydrogen) atoms. The van der Waals surface area contributed by atoms with Crippen LogP contribution in [-0.2, 0) is 6.42 Å². The summed E-state index contributed by atoms with van der Waals surface area (Å²) in [6.45, 7) is 3.97. The highest BCUT2D eigenvalue weighted by atomic mass is 35.5. The quantitative estimate of drug-likeness (QED) is 0.797. The second-order valence-corrected chi connectivity index (χ2v) is 5.01. The molecule has 2 aromatic rings. The van der Waals surface area contributed by atoms with Crippen molar-refractivity contribution >= 4 is 23.2 Å². The molecule has 1 heterocycles. The van der Waals surface area contributed by atoms with Crippen LogP contribution in [-0.4, -0.2) is 4.57 Å². The molecule has 4 heteroatoms. The standard InChI is InChI=1S/C14H12Cl2N2/c1-9-7-11(5-6-17)10(2)18(9)14-8-12(15)3-4-13(14)16/h3-4,7-8H,5H2,1-2H3. The second kappa shape index (κ2) is 5.06. The Balaban J connectivity index is 2.64. The number of rotatable bonds is 2. The van der Waals surface area contributed by atoms with Crippen LogP contribution in [0, 0.1) is 25.2 Å². The number of aromatic nitrogens is 1. The van der Waals surface area contributed by atoms with Gasteiger partial charge in [0.15, 0.2) is 0 Å². The van der Waals surface area contributed by atoms with Crippen LogP contribution in [0.15, 0.2) is 24.3 Å². The van der Waals surface area contributed by atoms with Gasteiger partial charge in [0.05, 0.1) is 23.2 Å². The molecule has 0 spiro atoms. The maximum absolute atomic E-state index is 8.81. The van der Waals surface area contributed by atoms with Gasteiger partial charge in [-0.25, -0.2) is 0 Å². The molecule has 0 aliphatic heterocycles. The Morgan fingerprint density at radius 1 is 1.22 bits per heavy atom. The first-order valence-corrected chi connectivity index (χ1v) is 6.30. The van der Waals surface area contributed by atoms with Gasteiger partial charge < -0.3 is 4.57 Å². The predicted octanol–water partition coefficient (Wildman–Crippen LogP) is 4.47. The van der Waals surface area contributed by atoms with E-state index in [1.54, 1.807) is 12.1 Å². The second-order valence-electron chi connectivity index (χ2n) is 4.16. The fraction of sp³-hybridized carbons (Fsp3) is 0.214. The smallest absolute Gasteiger partial charge is 0.0670 e. The minimum Gasteiger partial charge on any atom is -0.317 e. The first-order chi connectivity index (χ1) is 8.54. The van der Waals surface area contributed by atoms with E-state index in [0.29, 0.717) is 16.5 Å². The largest absolute Gasteiger partial charge is 0.317 e. The highest BCUT2D eigenvalue weighted by molar-refractivity contribution is 6.34. The number of halogens is 2. The van der Waals surface area contributed by atoms with Crippen LogP contribution >= 0.6 is 23.2 Å². The normalized spacial score (nSPS) is 10.4. The first-order valence-electron chi connectivity index (χ1n) is 5.54. The van der Waals surface area contributed by atoms with Crippen molar-refractivity contribution in [3.8, 4) is 11.8 Å². The zero-order valence-corrected chi connectivity index (χ0v) is 11.7. The highest BCUT2D eigenvalue weighted by Gasteiger charge is 2.13. The van der Waals surface area contributed by atoms with Gasteiger partial charge in [-0.15, -0.1) is 0 Å². The van der Waals surface area contributed by atoms with Crippen LogP contribution in [0.5, 0.6) is 0 Å². The molecule has 0 fully saturated rings. The van der Waals surface area contributed by atoms with Gasteiger partial charge in [-0.2, -0.15) is 5.26 Å². The summed E-state index contributed by atoms with van der Waals surface area (Å²) >= 11 is 12.2. The number of hydrogen-bond acceptors (Lipinski definition) is 1. The zero-order chi connectivity index (χ0) is 13.3. The third-order valence-electron chi connectivity index (χ3n) is 2.95. The SMILES string of the molecule is Cc1cc(CC#N)c(C)n1-c1cc(Cl)ccc1Cl. The van der Waals surface area contributed by atoms with E-state index in [4.69, 9.17) is 28.5 Å². The summed E-state index contributed by atoms with van der Waals surface area (Å²) in [6.07, 6.45) is 0.401. The van der Waals surface area contributed by atoms with Crippen LogP contribution < -0.4 is 0 Å². The van der Waals surface area contributed by atoms with E-state index < -0.39 is 0 Å². The van der Waals surface area contributed by atoms with Gasteiger partial charge in [0.1, 0.15) is 0 Å². The lowest BCUT2D eigenvalue weighted by atomic mass is 10.2. The minimum atomic E-state index is 0.401. The Morgan fingerprint density at radius 3 is 2.61 bits per heavy atom. The molecule has 0 unspecified atom stereocenters. The lowest BCUT2D eigenvalue weighted by Gasteiger charge is -2.12. The maximum Gasteiger partial charge on any atom is 0.0670 e. The molecule has 2 rings (SSSR count). The van der Waals surface area contributed by atoms with E-state index in [2.05, 4.69) is 6.07 Å². The fourth-order valence-corrected chi connectivity index (χ4v) is 2.49. The minimum absolute atomic E-state index is 0.401. The van der Waals surface area contributed by atoms with Crippen molar-refractivity contribution in [1.82, 2.24) is 4.57 Å². The Kier molecular flexibility index (Phi) is 3.65. The fourth-order valence-electron chi connectivity index (χ4n) is 2.12. The van der Waals surface area contributed by atoms with Crippen molar-refractivity contribution in [2.45, 2.75) is 20.3 Å². The van der Waals surface area contributed by atoms with Crippen LogP contribution in [0.4, 0.5) is 0 Å². The molecular formula is C14H12Cl2N2. The molecule has 0 N–H and O–H groups in total. The van der Waals surface area contributed by atoms with Gasteiger partial charge in [0.25, 0.3) is 0 Å². The molecule has 2 nitrogen and oxygen atoms in total. The molecule has 0 saturated heterocycles. The van der Waals surface area contributed by atoms with Gasteiger partial charge in [-0.1, -0.05) is 23.2 Å². The molecule has 0 radical (unpaired) electrons. The lowest BCUT2D eigenvalue weighted by molar-refractivity contribution is 0.956. The maximum atomic E-state index is 8.81. The Bertz CT molecular complexity index is 636. The molecule has 1 aromatic heterocycles. The molecule has 1 aromatic carbocycles. The lowest BCUT2D eigenvalue weighted by Crippen LogP contribution is -2.00. The number of benzene rings is 1. The van der Waals surface area contributed by atoms with Crippen molar-refractivity contribution in [1.29, 1.82) is 5.26 Å². The summed E-state index contributed by atoms with van der Waals surface area (Å²) in [4.78, 5) is 0. The average Bonchev–Trinajstić information content (AvgIpc) is 2.59. The summed E-state index contributed by atoms with van der Waals surface area (Å²) in [5.41, 5.74) is 3.94. The number of nitrogens with zero attached hydrogens (tertiary/aromatic N) is 2. The number of hydrogen-bond donors (Lipinski definition) is 0. The summed E-state index contributed by atoms with van der Waals surface area (Å²) in [6, 6.07) is 9.56. The van der Waals surface area contributed by atoms with E-state index in [9.17, 15) is 0 Å². The monoisotopic (exact) mass is 278 g/mol. The highest BCUT2D eigenvalue weighted by Crippen LogP contribution is 2.29. The molecule has 0 bridgehead atoms. The summed E-state index contributed by atoms with van der Waals surface area (Å²) in [5, 5.41) is 10.1. The van der Waals surface area contributed by atoms with E-state index in [1.165, 1.54) is 0 Å². The Hall–Kier alpha value is -1.43. The van der Waals surface area contributed by atoms with Crippen molar-refractivity contribution in [3.05, 3.63) is 51.3 Å². The van der Waals surface area contributed by atoms with Gasteiger partial charge in [-0.3, -0.25) is 0 Å². The molecule has 92 valence electrons. The van der Waals surface area contributed by atoms with E-state index in [1.807, 2.05) is 30.5 Å². The number of nitriles is 1. The van der Waals surface area contributed by atoms with E-state index in [-0.39, 0.29) is 0 Å². The van der Waals surface area contributed by atoms with Crippen molar-refractivity contribution in [2.24, 2.45) is 0 Å². The summed E-state index contributed by atoms with van der Waals surface area (Å²) in [5.74, 6) is 0. The van der Waals surface area contributed by atoms with Crippen molar-refractivity contribution < 1.29 is 0 Å². The van der Waals surface area contributed by atoms with Gasteiger partial charge in [-0.05, 0) is 43.7 Å². The average molecular weight is 279 g/mol. The third kappa shape index (κ3) is 2.25. The summed E-state index contributed by atoms with van der Waals surface area (Å²) < 4.78 is 2.03. The van der Waals surface area contributed by atoms with Crippen LogP contribution in [0.1, 0.15) is 17.0 Å². The predicted molar refractivity (Wildman–Crippen MR) is 74.6 cm³/mol. The first kappa shape index (κ1) is 13.0. The van der Waals surface area contributed by atoms with Gasteiger partial charge >= 0.3 is 0 Å². The molecule has 0 aliphatic carbocycles. The molecule has 0 saturated carbocycles. The van der Waals surface area contributed by atoms with Crippen LogP contribution in [0.2, 0.25) is 10.0 Å². The number of aryl methyl sites for hydroxylation is 1. The Morgan fingerprint density at radius 2 is 1.94 bits per heavy atom. The summed E-state index contributed by atoms with van der Waals surface area (Å²) in [7, 11) is 0. The third-order valence-corrected chi connectivity index (χ3v) is 3.51. The molecule has 0 atom stereocenters. The van der Waals surface area contributed by atoms with Crippen molar-refractivity contribution in [2.75, 3.05) is 0 Å². The zero-order valence-electron chi connectivity index (χ0n) is 10.2.